The van der Waals surface area contributed by atoms with Crippen LogP contribution in [-0.4, -0.2) is 68.1 Å². The van der Waals surface area contributed by atoms with Crippen LogP contribution in [0, 0.1) is 11.8 Å². The van der Waals surface area contributed by atoms with Crippen molar-refractivity contribution < 1.29 is 58.8 Å². The molecule has 5 atom stereocenters. The van der Waals surface area contributed by atoms with Gasteiger partial charge in [0.25, 0.3) is 0 Å². The second-order valence-corrected chi connectivity index (χ2v) is 10.1. The SMILES string of the molecule is CCOC(=O)[C@@]1(F)[C@@H]2C[C@H](OS(=O)(=O)C(F)(F)F)[C@@](NC(=O)OC(C)(C)C)(C(=O)OCC)[C@@H]21. The van der Waals surface area contributed by atoms with Crippen LogP contribution in [-0.2, 0) is 38.1 Å². The van der Waals surface area contributed by atoms with E-state index < -0.39 is 74.8 Å². The summed E-state index contributed by atoms with van der Waals surface area (Å²) in [7, 11) is -6.28. The van der Waals surface area contributed by atoms with Crippen molar-refractivity contribution in [3.8, 4) is 0 Å². The Morgan fingerprint density at radius 2 is 1.55 bits per heavy atom. The van der Waals surface area contributed by atoms with Crippen LogP contribution in [0.3, 0.4) is 0 Å². The molecular weight excluding hydrogens is 482 g/mol. The highest BCUT2D eigenvalue weighted by Gasteiger charge is 2.87. The van der Waals surface area contributed by atoms with E-state index >= 15 is 4.39 Å². The first-order valence-electron chi connectivity index (χ1n) is 9.92. The summed E-state index contributed by atoms with van der Waals surface area (Å²) < 4.78 is 96.7. The van der Waals surface area contributed by atoms with E-state index in [0.717, 1.165) is 0 Å². The summed E-state index contributed by atoms with van der Waals surface area (Å²) in [5.41, 5.74) is -12.8. The zero-order valence-electron chi connectivity index (χ0n) is 18.4. The van der Waals surface area contributed by atoms with Crippen molar-refractivity contribution in [1.29, 1.82) is 0 Å². The summed E-state index contributed by atoms with van der Waals surface area (Å²) in [5, 5.41) is 1.96. The number of alkyl halides is 4. The minimum Gasteiger partial charge on any atom is -0.464 e. The lowest BCUT2D eigenvalue weighted by Crippen LogP contribution is -2.66. The number of carbonyl (C=O) groups excluding carboxylic acids is 3. The molecule has 2 fully saturated rings. The first kappa shape index (κ1) is 27.1. The zero-order valence-corrected chi connectivity index (χ0v) is 19.3. The minimum absolute atomic E-state index is 0.252. The maximum absolute atomic E-state index is 15.6. The largest absolute Gasteiger partial charge is 0.523 e. The molecule has 1 N–H and O–H groups in total. The summed E-state index contributed by atoms with van der Waals surface area (Å²) in [6.45, 7) is 6.35. The van der Waals surface area contributed by atoms with Crippen molar-refractivity contribution >= 4 is 28.1 Å². The molecule has 2 aliphatic rings. The molecule has 1 amide bonds. The molecule has 15 heteroatoms. The number of ether oxygens (including phenoxy) is 3. The standard InChI is InChI=1S/C18H25F4NO9S/c1-6-29-12(24)16(19)9-8-10(32-33(27,28)18(20,21)22)17(11(9)16,13(25)30-7-2)23-14(26)31-15(3,4)5/h9-11H,6-8H2,1-5H3,(H,23,26)/t9-,10+,11+,16-,17+/m1/s1. The lowest BCUT2D eigenvalue weighted by atomic mass is 9.86. The smallest absolute Gasteiger partial charge is 0.464 e. The predicted octanol–water partition coefficient (Wildman–Crippen LogP) is 1.97. The van der Waals surface area contributed by atoms with Gasteiger partial charge in [0.2, 0.25) is 5.67 Å². The molecule has 190 valence electrons. The highest BCUT2D eigenvalue weighted by atomic mass is 32.2. The van der Waals surface area contributed by atoms with Crippen molar-refractivity contribution in [2.24, 2.45) is 11.8 Å². The van der Waals surface area contributed by atoms with Gasteiger partial charge in [-0.3, -0.25) is 4.18 Å². The van der Waals surface area contributed by atoms with Gasteiger partial charge in [-0.05, 0) is 41.0 Å². The molecule has 0 unspecified atom stereocenters. The van der Waals surface area contributed by atoms with Crippen molar-refractivity contribution in [2.75, 3.05) is 13.2 Å². The van der Waals surface area contributed by atoms with Crippen LogP contribution < -0.4 is 5.32 Å². The Labute approximate surface area is 187 Å². The van der Waals surface area contributed by atoms with E-state index in [0.29, 0.717) is 0 Å². The number of fused-ring (bicyclic) bond motifs is 1. The molecule has 0 bridgehead atoms. The quantitative estimate of drug-likeness (QED) is 0.180. The van der Waals surface area contributed by atoms with E-state index in [1.165, 1.54) is 34.6 Å². The molecule has 0 radical (unpaired) electrons. The summed E-state index contributed by atoms with van der Waals surface area (Å²) in [6, 6.07) is 0. The Morgan fingerprint density at radius 1 is 1.03 bits per heavy atom. The van der Waals surface area contributed by atoms with Crippen molar-refractivity contribution in [3.63, 3.8) is 0 Å². The number of rotatable bonds is 7. The Morgan fingerprint density at radius 3 is 2.00 bits per heavy atom. The van der Waals surface area contributed by atoms with Crippen LogP contribution in [0.15, 0.2) is 0 Å². The lowest BCUT2D eigenvalue weighted by Gasteiger charge is -2.37. The minimum atomic E-state index is -6.28. The topological polar surface area (TPSA) is 134 Å². The van der Waals surface area contributed by atoms with Gasteiger partial charge < -0.3 is 19.5 Å². The monoisotopic (exact) mass is 507 g/mol. The van der Waals surface area contributed by atoms with Crippen molar-refractivity contribution in [2.45, 2.75) is 69.5 Å². The molecule has 0 aromatic carbocycles. The third-order valence-corrected chi connectivity index (χ3v) is 6.24. The molecule has 2 rings (SSSR count). The number of amides is 1. The molecule has 2 aliphatic carbocycles. The summed E-state index contributed by atoms with van der Waals surface area (Å²) in [4.78, 5) is 37.7. The van der Waals surface area contributed by atoms with E-state index in [-0.39, 0.29) is 13.2 Å². The molecule has 0 aromatic heterocycles. The third kappa shape index (κ3) is 4.74. The predicted molar refractivity (Wildman–Crippen MR) is 101 cm³/mol. The molecule has 0 spiro atoms. The maximum Gasteiger partial charge on any atom is 0.523 e. The molecular formula is C18H25F4NO9S. The zero-order chi connectivity index (χ0) is 25.6. The number of nitrogens with one attached hydrogen (secondary N) is 1. The second-order valence-electron chi connectivity index (χ2n) is 8.51. The molecule has 0 aliphatic heterocycles. The van der Waals surface area contributed by atoms with Crippen LogP contribution in [0.25, 0.3) is 0 Å². The number of halogens is 4. The fourth-order valence-corrected chi connectivity index (χ4v) is 4.68. The first-order valence-corrected chi connectivity index (χ1v) is 11.3. The molecule has 2 saturated carbocycles. The molecule has 33 heavy (non-hydrogen) atoms. The maximum atomic E-state index is 15.6. The van der Waals surface area contributed by atoms with Gasteiger partial charge in [-0.25, -0.2) is 18.8 Å². The molecule has 0 heterocycles. The highest BCUT2D eigenvalue weighted by Crippen LogP contribution is 2.68. The lowest BCUT2D eigenvalue weighted by molar-refractivity contribution is -0.162. The van der Waals surface area contributed by atoms with Crippen LogP contribution in [0.5, 0.6) is 0 Å². The van der Waals surface area contributed by atoms with E-state index in [4.69, 9.17) is 9.47 Å². The van der Waals surface area contributed by atoms with E-state index in [1.54, 1.807) is 0 Å². The van der Waals surface area contributed by atoms with Gasteiger partial charge in [0, 0.05) is 11.8 Å². The number of alkyl carbamates (subject to hydrolysis) is 1. The molecule has 0 saturated heterocycles. The Kier molecular flexibility index (Phi) is 7.03. The Hall–Kier alpha value is -2.16. The first-order chi connectivity index (χ1) is 14.9. The molecule has 10 nitrogen and oxygen atoms in total. The fraction of sp³-hybridized carbons (Fsp3) is 0.833. The number of esters is 2. The molecule has 0 aromatic rings. The van der Waals surface area contributed by atoms with Crippen molar-refractivity contribution in [1.82, 2.24) is 5.32 Å². The Balaban J connectivity index is 2.59. The van der Waals surface area contributed by atoms with Gasteiger partial charge in [0.15, 0.2) is 5.54 Å². The van der Waals surface area contributed by atoms with E-state index in [1.807, 2.05) is 5.32 Å². The second kappa shape index (κ2) is 8.56. The van der Waals surface area contributed by atoms with Gasteiger partial charge in [-0.15, -0.1) is 0 Å². The average molecular weight is 507 g/mol. The van der Waals surface area contributed by atoms with Crippen LogP contribution in [0.1, 0.15) is 41.0 Å². The number of carbonyl (C=O) groups is 3. The van der Waals surface area contributed by atoms with Gasteiger partial charge >= 0.3 is 33.7 Å². The average Bonchev–Trinajstić information content (AvgIpc) is 3.08. The van der Waals surface area contributed by atoms with Gasteiger partial charge in [0.05, 0.1) is 13.2 Å². The van der Waals surface area contributed by atoms with Crippen molar-refractivity contribution in [3.05, 3.63) is 0 Å². The van der Waals surface area contributed by atoms with Crippen LogP contribution in [0.4, 0.5) is 22.4 Å². The number of hydrogen-bond acceptors (Lipinski definition) is 9. The number of hydrogen-bond donors (Lipinski definition) is 1. The normalized spacial score (nSPS) is 31.4. The van der Waals surface area contributed by atoms with Crippen LogP contribution >= 0.6 is 0 Å². The Bertz CT molecular complexity index is 917. The summed E-state index contributed by atoms with van der Waals surface area (Å²) >= 11 is 0. The summed E-state index contributed by atoms with van der Waals surface area (Å²) in [6.07, 6.45) is -4.49. The van der Waals surface area contributed by atoms with Gasteiger partial charge in [0.1, 0.15) is 11.7 Å². The third-order valence-electron chi connectivity index (χ3n) is 5.19. The van der Waals surface area contributed by atoms with Crippen LogP contribution in [0.2, 0.25) is 0 Å². The van der Waals surface area contributed by atoms with Gasteiger partial charge in [-0.2, -0.15) is 21.6 Å². The highest BCUT2D eigenvalue weighted by molar-refractivity contribution is 7.87. The van der Waals surface area contributed by atoms with Gasteiger partial charge in [-0.1, -0.05) is 0 Å². The fourth-order valence-electron chi connectivity index (χ4n) is 4.03. The van der Waals surface area contributed by atoms with E-state index in [2.05, 4.69) is 8.92 Å². The summed E-state index contributed by atoms with van der Waals surface area (Å²) in [5.74, 6) is -6.24. The van der Waals surface area contributed by atoms with E-state index in [9.17, 15) is 36.0 Å².